The van der Waals surface area contributed by atoms with Gasteiger partial charge in [-0.15, -0.1) is 11.3 Å². The number of carbonyl (C=O) groups is 1. The van der Waals surface area contributed by atoms with Gasteiger partial charge < -0.3 is 10.2 Å². The van der Waals surface area contributed by atoms with Gasteiger partial charge in [0, 0.05) is 20.5 Å². The Balaban J connectivity index is 1.85. The number of amides is 1. The van der Waals surface area contributed by atoms with Gasteiger partial charge in [-0.05, 0) is 29.7 Å². The zero-order chi connectivity index (χ0) is 17.4. The smallest absolute Gasteiger partial charge is 0.267 e. The monoisotopic (exact) mass is 379 g/mol. The van der Waals surface area contributed by atoms with Crippen LogP contribution in [0, 0.1) is 11.3 Å². The average Bonchev–Trinajstić information content (AvgIpc) is 3.07. The molecule has 24 heavy (non-hydrogen) atoms. The first-order chi connectivity index (χ1) is 11.6. The van der Waals surface area contributed by atoms with Gasteiger partial charge in [0.2, 0.25) is 0 Å². The molecule has 122 valence electrons. The summed E-state index contributed by atoms with van der Waals surface area (Å²) in [5, 5.41) is 17.8. The molecule has 2 aromatic rings. The molecule has 0 aliphatic carbocycles. The third-order valence-corrected chi connectivity index (χ3v) is 4.16. The number of nitrogens with one attached hydrogen (secondary N) is 1. The van der Waals surface area contributed by atoms with Crippen molar-refractivity contribution in [2.24, 2.45) is 5.16 Å². The second-order valence-electron chi connectivity index (χ2n) is 4.40. The fourth-order valence-corrected chi connectivity index (χ4v) is 2.73. The van der Waals surface area contributed by atoms with E-state index in [0.717, 1.165) is 11.2 Å². The molecule has 0 bridgehead atoms. The molecule has 0 saturated heterocycles. The largest absolute Gasteiger partial charge is 0.390 e. The molecule has 0 saturated carbocycles. The highest BCUT2D eigenvalue weighted by atomic mass is 35.5. The summed E-state index contributed by atoms with van der Waals surface area (Å²) in [6, 6.07) is 10.5. The highest BCUT2D eigenvalue weighted by molar-refractivity contribution is 7.10. The summed E-state index contributed by atoms with van der Waals surface area (Å²) in [5.74, 6) is -0.567. The minimum absolute atomic E-state index is 0.0235. The fourth-order valence-electron chi connectivity index (χ4n) is 1.61. The molecule has 1 heterocycles. The molecule has 8 heteroatoms. The minimum Gasteiger partial charge on any atom is -0.390 e. The fraction of sp³-hybridized carbons (Fsp3) is 0.0625. The van der Waals surface area contributed by atoms with Crippen LogP contribution in [0.1, 0.15) is 10.4 Å². The summed E-state index contributed by atoms with van der Waals surface area (Å²) in [6.45, 7) is 0.124. The lowest BCUT2D eigenvalue weighted by Gasteiger charge is -2.03. The van der Waals surface area contributed by atoms with Gasteiger partial charge in [0.1, 0.15) is 24.6 Å². The van der Waals surface area contributed by atoms with Crippen LogP contribution < -0.4 is 5.32 Å². The predicted molar refractivity (Wildman–Crippen MR) is 95.8 cm³/mol. The van der Waals surface area contributed by atoms with Gasteiger partial charge in [-0.3, -0.25) is 4.79 Å². The van der Waals surface area contributed by atoms with Crippen molar-refractivity contribution in [2.45, 2.75) is 6.61 Å². The second kappa shape index (κ2) is 9.08. The van der Waals surface area contributed by atoms with E-state index < -0.39 is 5.91 Å². The Hall–Kier alpha value is -2.33. The SMILES string of the molecule is N#CC(=Cc1cccs1)C(=O)N/C=N/OCc1ccc(Cl)cc1Cl. The third kappa shape index (κ3) is 5.39. The van der Waals surface area contributed by atoms with E-state index >= 15 is 0 Å². The Bertz CT molecular complexity index is 811. The predicted octanol–water partition coefficient (Wildman–Crippen LogP) is 4.24. The Kier molecular flexibility index (Phi) is 6.82. The Morgan fingerprint density at radius 1 is 1.42 bits per heavy atom. The lowest BCUT2D eigenvalue weighted by Crippen LogP contribution is -2.22. The van der Waals surface area contributed by atoms with Crippen molar-refractivity contribution in [1.29, 1.82) is 5.26 Å². The topological polar surface area (TPSA) is 74.5 Å². The molecule has 1 amide bonds. The van der Waals surface area contributed by atoms with E-state index in [1.165, 1.54) is 17.4 Å². The summed E-state index contributed by atoms with van der Waals surface area (Å²) in [7, 11) is 0. The molecule has 0 aliphatic rings. The molecule has 1 aromatic heterocycles. The summed E-state index contributed by atoms with van der Waals surface area (Å²) < 4.78 is 0. The standard InChI is InChI=1S/C16H11Cl2N3O2S/c17-13-4-3-11(15(18)7-13)9-23-21-10-20-16(22)12(8-19)6-14-2-1-5-24-14/h1-7,10H,9H2,(H,20,21,22). The van der Waals surface area contributed by atoms with Crippen molar-refractivity contribution in [1.82, 2.24) is 5.32 Å². The van der Waals surface area contributed by atoms with Crippen molar-refractivity contribution in [3.05, 3.63) is 61.8 Å². The number of hydrogen-bond donors (Lipinski definition) is 1. The van der Waals surface area contributed by atoms with E-state index in [1.807, 2.05) is 23.6 Å². The van der Waals surface area contributed by atoms with E-state index in [0.29, 0.717) is 15.6 Å². The van der Waals surface area contributed by atoms with Gasteiger partial charge in [-0.25, -0.2) is 0 Å². The van der Waals surface area contributed by atoms with Crippen LogP contribution >= 0.6 is 34.5 Å². The molecule has 0 radical (unpaired) electrons. The first kappa shape index (κ1) is 18.0. The zero-order valence-corrected chi connectivity index (χ0v) is 14.5. The number of carbonyl (C=O) groups excluding carboxylic acids is 1. The van der Waals surface area contributed by atoms with Crippen LogP contribution in [0.25, 0.3) is 6.08 Å². The minimum atomic E-state index is -0.567. The summed E-state index contributed by atoms with van der Waals surface area (Å²) in [5.41, 5.74) is 0.685. The van der Waals surface area contributed by atoms with Crippen LogP contribution in [-0.4, -0.2) is 12.2 Å². The number of rotatable bonds is 6. The van der Waals surface area contributed by atoms with Gasteiger partial charge in [0.05, 0.1) is 0 Å². The lowest BCUT2D eigenvalue weighted by atomic mass is 10.2. The van der Waals surface area contributed by atoms with Crippen LogP contribution in [0.15, 0.2) is 46.4 Å². The molecule has 2 rings (SSSR count). The summed E-state index contributed by atoms with van der Waals surface area (Å²) in [6.07, 6.45) is 2.58. The van der Waals surface area contributed by atoms with E-state index in [2.05, 4.69) is 10.5 Å². The van der Waals surface area contributed by atoms with Gasteiger partial charge in [-0.1, -0.05) is 40.5 Å². The highest BCUT2D eigenvalue weighted by Crippen LogP contribution is 2.21. The van der Waals surface area contributed by atoms with Crippen molar-refractivity contribution in [3.63, 3.8) is 0 Å². The maximum Gasteiger partial charge on any atom is 0.267 e. The number of thiophene rings is 1. The number of nitrogens with zero attached hydrogens (tertiary/aromatic N) is 2. The number of hydrogen-bond acceptors (Lipinski definition) is 5. The number of nitriles is 1. The molecule has 0 atom stereocenters. The van der Waals surface area contributed by atoms with E-state index in [1.54, 1.807) is 18.2 Å². The van der Waals surface area contributed by atoms with Crippen molar-refractivity contribution >= 4 is 52.9 Å². The second-order valence-corrected chi connectivity index (χ2v) is 6.23. The first-order valence-corrected chi connectivity index (χ1v) is 8.27. The number of halogens is 2. The Morgan fingerprint density at radius 2 is 2.25 bits per heavy atom. The highest BCUT2D eigenvalue weighted by Gasteiger charge is 2.07. The van der Waals surface area contributed by atoms with E-state index in [-0.39, 0.29) is 12.2 Å². The molecule has 0 unspecified atom stereocenters. The molecule has 0 aliphatic heterocycles. The lowest BCUT2D eigenvalue weighted by molar-refractivity contribution is -0.115. The van der Waals surface area contributed by atoms with Crippen LogP contribution in [-0.2, 0) is 16.2 Å². The normalized spacial score (nSPS) is 11.3. The summed E-state index contributed by atoms with van der Waals surface area (Å²) in [4.78, 5) is 17.7. The maximum absolute atomic E-state index is 11.8. The van der Waals surface area contributed by atoms with E-state index in [4.69, 9.17) is 33.3 Å². The van der Waals surface area contributed by atoms with Gasteiger partial charge >= 0.3 is 0 Å². The summed E-state index contributed by atoms with van der Waals surface area (Å²) >= 11 is 13.2. The van der Waals surface area contributed by atoms with E-state index in [9.17, 15) is 4.79 Å². The molecule has 1 N–H and O–H groups in total. The van der Waals surface area contributed by atoms with Gasteiger partial charge in [0.25, 0.3) is 5.91 Å². The molecular weight excluding hydrogens is 369 g/mol. The average molecular weight is 380 g/mol. The van der Waals surface area contributed by atoms with Crippen LogP contribution in [0.4, 0.5) is 0 Å². The van der Waals surface area contributed by atoms with Crippen molar-refractivity contribution in [2.75, 3.05) is 0 Å². The third-order valence-electron chi connectivity index (χ3n) is 2.75. The zero-order valence-electron chi connectivity index (χ0n) is 12.2. The maximum atomic E-state index is 11.8. The number of oxime groups is 1. The van der Waals surface area contributed by atoms with Crippen molar-refractivity contribution in [3.8, 4) is 6.07 Å². The van der Waals surface area contributed by atoms with Crippen LogP contribution in [0.2, 0.25) is 10.0 Å². The van der Waals surface area contributed by atoms with Gasteiger partial charge in [0.15, 0.2) is 0 Å². The molecular formula is C16H11Cl2N3O2S. The molecule has 5 nitrogen and oxygen atoms in total. The molecule has 0 fully saturated rings. The van der Waals surface area contributed by atoms with Crippen molar-refractivity contribution < 1.29 is 9.63 Å². The molecule has 1 aromatic carbocycles. The first-order valence-electron chi connectivity index (χ1n) is 6.64. The van der Waals surface area contributed by atoms with Crippen LogP contribution in [0.5, 0.6) is 0 Å². The Labute approximate surface area is 152 Å². The quantitative estimate of drug-likeness (QED) is 0.268. The number of benzene rings is 1. The Morgan fingerprint density at radius 3 is 2.92 bits per heavy atom. The van der Waals surface area contributed by atoms with Crippen LogP contribution in [0.3, 0.4) is 0 Å². The molecule has 0 spiro atoms. The van der Waals surface area contributed by atoms with Gasteiger partial charge in [-0.2, -0.15) is 5.26 Å².